The molecule has 1 unspecified atom stereocenters. The predicted molar refractivity (Wildman–Crippen MR) is 140 cm³/mol. The van der Waals surface area contributed by atoms with Crippen LogP contribution in [0.3, 0.4) is 0 Å². The number of hydrogen-bond acceptors (Lipinski definition) is 7. The number of rotatable bonds is 8. The van der Waals surface area contributed by atoms with Gasteiger partial charge in [0, 0.05) is 5.02 Å². The van der Waals surface area contributed by atoms with Crippen LogP contribution in [-0.4, -0.2) is 52.0 Å². The van der Waals surface area contributed by atoms with Crippen molar-refractivity contribution in [3.05, 3.63) is 29.3 Å². The zero-order valence-corrected chi connectivity index (χ0v) is 24.0. The highest BCUT2D eigenvalue weighted by Crippen LogP contribution is 2.19. The van der Waals surface area contributed by atoms with Crippen LogP contribution in [0.2, 0.25) is 5.02 Å². The first-order valence-electron chi connectivity index (χ1n) is 11.6. The third-order valence-corrected chi connectivity index (χ3v) is 6.14. The number of hydrogen-bond donors (Lipinski definition) is 3. The molecule has 0 saturated carbocycles. The summed E-state index contributed by atoms with van der Waals surface area (Å²) in [7, 11) is -3.92. The van der Waals surface area contributed by atoms with E-state index in [4.69, 9.17) is 21.1 Å². The second kappa shape index (κ2) is 13.1. The number of halogens is 1. The summed E-state index contributed by atoms with van der Waals surface area (Å²) in [4.78, 5) is 49.9. The third kappa shape index (κ3) is 12.8. The Morgan fingerprint density at radius 2 is 1.57 bits per heavy atom. The monoisotopic (exact) mass is 560 g/mol. The fraction of sp³-hybridized carbons (Fsp3) is 0.583. The summed E-state index contributed by atoms with van der Waals surface area (Å²) < 4.78 is 30.2. The molecule has 0 heterocycles. The molecule has 0 fully saturated rings. The molecular weight excluding hydrogens is 524 g/mol. The molecule has 0 saturated heterocycles. The quantitative estimate of drug-likeness (QED) is 0.431. The van der Waals surface area contributed by atoms with Crippen LogP contribution < -0.4 is 15.4 Å². The highest BCUT2D eigenvalue weighted by Gasteiger charge is 2.28. The van der Waals surface area contributed by atoms with E-state index in [-0.39, 0.29) is 22.3 Å². The minimum absolute atomic E-state index is 0.0421. The van der Waals surface area contributed by atoms with E-state index in [1.165, 1.54) is 24.3 Å². The fourth-order valence-electron chi connectivity index (χ4n) is 2.76. The average molecular weight is 561 g/mol. The number of nitrogens with zero attached hydrogens (tertiary/aromatic N) is 1. The molecule has 13 heteroatoms. The van der Waals surface area contributed by atoms with Crippen molar-refractivity contribution in [1.82, 2.24) is 15.4 Å². The van der Waals surface area contributed by atoms with Crippen LogP contribution in [0, 0.1) is 5.92 Å². The Morgan fingerprint density at radius 3 is 2.08 bits per heavy atom. The second-order valence-electron chi connectivity index (χ2n) is 10.6. The van der Waals surface area contributed by atoms with Crippen LogP contribution >= 0.6 is 11.6 Å². The summed E-state index contributed by atoms with van der Waals surface area (Å²) in [6.07, 6.45) is -1.54. The average Bonchev–Trinajstić information content (AvgIpc) is 2.68. The predicted octanol–water partition coefficient (Wildman–Crippen LogP) is 4.19. The summed E-state index contributed by atoms with van der Waals surface area (Å²) in [5, 5.41) is 4.91. The van der Waals surface area contributed by atoms with Crippen molar-refractivity contribution in [2.45, 2.75) is 84.0 Å². The van der Waals surface area contributed by atoms with Crippen LogP contribution in [0.5, 0.6) is 0 Å². The van der Waals surface area contributed by atoms with Crippen molar-refractivity contribution in [2.75, 3.05) is 6.54 Å². The van der Waals surface area contributed by atoms with E-state index < -0.39 is 57.7 Å². The van der Waals surface area contributed by atoms with Crippen molar-refractivity contribution in [2.24, 2.45) is 10.3 Å². The highest BCUT2D eigenvalue weighted by atomic mass is 35.5. The van der Waals surface area contributed by atoms with E-state index in [9.17, 15) is 23.4 Å². The van der Waals surface area contributed by atoms with Crippen molar-refractivity contribution < 1.29 is 32.9 Å². The molecule has 0 bridgehead atoms. The van der Waals surface area contributed by atoms with Crippen LogP contribution in [0.4, 0.5) is 9.59 Å². The number of benzene rings is 1. The van der Waals surface area contributed by atoms with Gasteiger partial charge in [0.05, 0.1) is 4.90 Å². The van der Waals surface area contributed by atoms with Crippen molar-refractivity contribution in [1.29, 1.82) is 0 Å². The second-order valence-corrected chi connectivity index (χ2v) is 13.0. The van der Waals surface area contributed by atoms with Gasteiger partial charge in [-0.1, -0.05) is 31.5 Å². The first-order chi connectivity index (χ1) is 16.8. The lowest BCUT2D eigenvalue weighted by Gasteiger charge is -2.23. The van der Waals surface area contributed by atoms with Gasteiger partial charge < -0.3 is 20.1 Å². The van der Waals surface area contributed by atoms with Gasteiger partial charge in [-0.2, -0.15) is 0 Å². The third-order valence-electron chi connectivity index (χ3n) is 4.07. The van der Waals surface area contributed by atoms with E-state index in [1.54, 1.807) is 41.5 Å². The van der Waals surface area contributed by atoms with Gasteiger partial charge in [-0.15, -0.1) is 4.36 Å². The van der Waals surface area contributed by atoms with Crippen LogP contribution in [-0.2, 0) is 29.0 Å². The minimum Gasteiger partial charge on any atom is -0.444 e. The fourth-order valence-corrected chi connectivity index (χ4v) is 4.60. The Kier molecular flexibility index (Phi) is 11.4. The van der Waals surface area contributed by atoms with Gasteiger partial charge in [-0.05, 0) is 72.1 Å². The minimum atomic E-state index is -3.92. The Morgan fingerprint density at radius 1 is 1.00 bits per heavy atom. The SMILES string of the molecule is CC(C)C[C@H](NC(=O)OC(C)(C)C)C(=O)N=S(=O)(NC(=O)CNC(=O)OC(C)(C)C)c1cccc(Cl)c1. The summed E-state index contributed by atoms with van der Waals surface area (Å²) >= 11 is 6.04. The zero-order chi connectivity index (χ0) is 28.6. The molecule has 0 radical (unpaired) electrons. The molecule has 4 amide bonds. The van der Waals surface area contributed by atoms with E-state index >= 15 is 0 Å². The highest BCUT2D eigenvalue weighted by molar-refractivity contribution is 7.92. The molecule has 0 spiro atoms. The molecule has 208 valence electrons. The number of alkyl carbamates (subject to hydrolysis) is 2. The van der Waals surface area contributed by atoms with Gasteiger partial charge >= 0.3 is 12.2 Å². The topological polar surface area (TPSA) is 152 Å². The standard InChI is InChI=1S/C24H37ClN4O7S/c1-15(2)12-18(27-22(33)36-24(6,7)8)20(31)29-37(34,17-11-9-10-16(25)13-17)28-19(30)14-26-21(32)35-23(3,4)5/h9-11,13,15,18H,12,14H2,1-8H3,(H,26,32)(H,27,33)(H,28,29,30,31,34)/t18-,37?/m0/s1. The normalized spacial score (nSPS) is 14.1. The van der Waals surface area contributed by atoms with Gasteiger partial charge in [-0.25, -0.2) is 13.8 Å². The van der Waals surface area contributed by atoms with Crippen LogP contribution in [0.1, 0.15) is 61.8 Å². The van der Waals surface area contributed by atoms with Crippen molar-refractivity contribution >= 4 is 45.5 Å². The van der Waals surface area contributed by atoms with Crippen molar-refractivity contribution in [3.8, 4) is 0 Å². The number of carbonyl (C=O) groups excluding carboxylic acids is 4. The Bertz CT molecular complexity index is 1120. The molecule has 0 aliphatic carbocycles. The molecule has 1 aromatic rings. The summed E-state index contributed by atoms with van der Waals surface area (Å²) in [6.45, 7) is 13.0. The van der Waals surface area contributed by atoms with Gasteiger partial charge in [0.25, 0.3) is 11.8 Å². The molecule has 0 aliphatic rings. The van der Waals surface area contributed by atoms with Crippen molar-refractivity contribution in [3.63, 3.8) is 0 Å². The first kappa shape index (κ1) is 32.2. The summed E-state index contributed by atoms with van der Waals surface area (Å²) in [5.74, 6) is -1.88. The Labute approximate surface area is 223 Å². The van der Waals surface area contributed by atoms with Crippen LogP contribution in [0.15, 0.2) is 33.5 Å². The lowest BCUT2D eigenvalue weighted by Crippen LogP contribution is -2.45. The largest absolute Gasteiger partial charge is 0.444 e. The molecule has 1 aromatic carbocycles. The zero-order valence-electron chi connectivity index (χ0n) is 22.5. The molecule has 11 nitrogen and oxygen atoms in total. The van der Waals surface area contributed by atoms with Gasteiger partial charge in [0.1, 0.15) is 23.8 Å². The smallest absolute Gasteiger partial charge is 0.408 e. The molecule has 37 heavy (non-hydrogen) atoms. The van der Waals surface area contributed by atoms with E-state index in [0.29, 0.717) is 0 Å². The van der Waals surface area contributed by atoms with Gasteiger partial charge in [0.2, 0.25) is 0 Å². The number of carbonyl (C=O) groups is 4. The van der Waals surface area contributed by atoms with E-state index in [1.807, 2.05) is 13.8 Å². The molecule has 2 atom stereocenters. The number of nitrogens with one attached hydrogen (secondary N) is 3. The Hall–Kier alpha value is -2.86. The molecule has 3 N–H and O–H groups in total. The lowest BCUT2D eigenvalue weighted by atomic mass is 10.0. The number of amides is 4. The number of ether oxygens (including phenoxy) is 2. The van der Waals surface area contributed by atoms with Gasteiger partial charge in [0.15, 0.2) is 9.92 Å². The molecule has 1 rings (SSSR count). The maximum Gasteiger partial charge on any atom is 0.408 e. The molecule has 0 aromatic heterocycles. The maximum atomic E-state index is 13.9. The summed E-state index contributed by atoms with van der Waals surface area (Å²) in [5.41, 5.74) is -1.60. The van der Waals surface area contributed by atoms with E-state index in [2.05, 4.69) is 19.7 Å². The molecular formula is C24H37ClN4O7S. The summed E-state index contributed by atoms with van der Waals surface area (Å²) in [6, 6.07) is 4.50. The molecule has 0 aliphatic heterocycles. The maximum absolute atomic E-state index is 13.9. The van der Waals surface area contributed by atoms with Gasteiger partial charge in [-0.3, -0.25) is 14.3 Å². The van der Waals surface area contributed by atoms with E-state index in [0.717, 1.165) is 0 Å². The lowest BCUT2D eigenvalue weighted by molar-refractivity contribution is -0.120. The first-order valence-corrected chi connectivity index (χ1v) is 13.5. The van der Waals surface area contributed by atoms with Crippen LogP contribution in [0.25, 0.3) is 0 Å². The Balaban J connectivity index is 3.29.